The van der Waals surface area contributed by atoms with Gasteiger partial charge in [0, 0.05) is 13.0 Å². The second kappa shape index (κ2) is 5.99. The van der Waals surface area contributed by atoms with E-state index in [1.807, 2.05) is 4.90 Å². The summed E-state index contributed by atoms with van der Waals surface area (Å²) in [5.41, 5.74) is 6.31. The van der Waals surface area contributed by atoms with Crippen LogP contribution in [0.3, 0.4) is 0 Å². The maximum atomic E-state index is 12.1. The number of anilines is 1. The molecule has 2 rings (SSSR count). The number of carbonyl (C=O) groups excluding carboxylic acids is 1. The Bertz CT molecular complexity index is 430. The molecular formula is C14H22N4O. The van der Waals surface area contributed by atoms with E-state index in [9.17, 15) is 4.79 Å². The van der Waals surface area contributed by atoms with Gasteiger partial charge in [-0.1, -0.05) is 13.8 Å². The zero-order chi connectivity index (χ0) is 13.8. The SMILES string of the molecule is CC(C)C1CCC(=O)N(Cc2cnc(N)cn2)CC1. The average molecular weight is 262 g/mol. The number of carbonyl (C=O) groups is 1. The van der Waals surface area contributed by atoms with Gasteiger partial charge in [-0.3, -0.25) is 9.78 Å². The maximum Gasteiger partial charge on any atom is 0.222 e. The van der Waals surface area contributed by atoms with Crippen LogP contribution in [0, 0.1) is 11.8 Å². The lowest BCUT2D eigenvalue weighted by Gasteiger charge is -2.21. The summed E-state index contributed by atoms with van der Waals surface area (Å²) in [5.74, 6) is 1.92. The van der Waals surface area contributed by atoms with Crippen LogP contribution in [-0.4, -0.2) is 27.3 Å². The van der Waals surface area contributed by atoms with Crippen LogP contribution in [0.15, 0.2) is 12.4 Å². The smallest absolute Gasteiger partial charge is 0.222 e. The normalized spacial score (nSPS) is 20.7. The van der Waals surface area contributed by atoms with E-state index in [4.69, 9.17) is 5.73 Å². The van der Waals surface area contributed by atoms with Gasteiger partial charge in [-0.05, 0) is 24.7 Å². The van der Waals surface area contributed by atoms with Gasteiger partial charge >= 0.3 is 0 Å². The molecule has 1 saturated heterocycles. The summed E-state index contributed by atoms with van der Waals surface area (Å²) >= 11 is 0. The Hall–Kier alpha value is -1.65. The van der Waals surface area contributed by atoms with E-state index in [0.717, 1.165) is 25.1 Å². The zero-order valence-corrected chi connectivity index (χ0v) is 11.7. The molecule has 5 nitrogen and oxygen atoms in total. The first-order chi connectivity index (χ1) is 9.06. The van der Waals surface area contributed by atoms with Gasteiger partial charge in [-0.25, -0.2) is 4.98 Å². The maximum absolute atomic E-state index is 12.1. The highest BCUT2D eigenvalue weighted by Crippen LogP contribution is 2.25. The summed E-state index contributed by atoms with van der Waals surface area (Å²) in [6.07, 6.45) is 5.90. The average Bonchev–Trinajstić information content (AvgIpc) is 2.55. The molecule has 0 aromatic carbocycles. The minimum atomic E-state index is 0.224. The van der Waals surface area contributed by atoms with Crippen molar-refractivity contribution in [2.24, 2.45) is 11.8 Å². The Morgan fingerprint density at radius 2 is 2.16 bits per heavy atom. The van der Waals surface area contributed by atoms with Gasteiger partial charge in [0.05, 0.1) is 24.6 Å². The first-order valence-electron chi connectivity index (χ1n) is 6.90. The minimum absolute atomic E-state index is 0.224. The van der Waals surface area contributed by atoms with Gasteiger partial charge in [0.25, 0.3) is 0 Å². The van der Waals surface area contributed by atoms with Crippen molar-refractivity contribution in [2.45, 2.75) is 39.7 Å². The molecule has 0 aliphatic carbocycles. The van der Waals surface area contributed by atoms with Crippen molar-refractivity contribution in [1.29, 1.82) is 0 Å². The predicted molar refractivity (Wildman–Crippen MR) is 74.0 cm³/mol. The fraction of sp³-hybridized carbons (Fsp3) is 0.643. The molecule has 5 heteroatoms. The van der Waals surface area contributed by atoms with E-state index in [1.54, 1.807) is 6.20 Å². The number of amides is 1. The van der Waals surface area contributed by atoms with Gasteiger partial charge in [0.15, 0.2) is 0 Å². The molecule has 1 fully saturated rings. The van der Waals surface area contributed by atoms with Crippen molar-refractivity contribution in [3.05, 3.63) is 18.1 Å². The second-order valence-corrected chi connectivity index (χ2v) is 5.58. The molecule has 1 aromatic rings. The molecule has 0 bridgehead atoms. The Labute approximate surface area is 114 Å². The van der Waals surface area contributed by atoms with Crippen molar-refractivity contribution >= 4 is 11.7 Å². The number of rotatable bonds is 3. The first kappa shape index (κ1) is 13.8. The van der Waals surface area contributed by atoms with Crippen molar-refractivity contribution in [3.63, 3.8) is 0 Å². The molecule has 0 saturated carbocycles. The topological polar surface area (TPSA) is 72.1 Å². The molecule has 2 heterocycles. The van der Waals surface area contributed by atoms with Crippen LogP contribution in [0.1, 0.15) is 38.8 Å². The van der Waals surface area contributed by atoms with Crippen LogP contribution in [0.5, 0.6) is 0 Å². The van der Waals surface area contributed by atoms with E-state index in [-0.39, 0.29) is 5.91 Å². The quantitative estimate of drug-likeness (QED) is 0.902. The predicted octanol–water partition coefficient (Wildman–Crippen LogP) is 1.84. The molecular weight excluding hydrogens is 240 g/mol. The lowest BCUT2D eigenvalue weighted by Crippen LogP contribution is -2.30. The van der Waals surface area contributed by atoms with Crippen LogP contribution >= 0.6 is 0 Å². The molecule has 1 unspecified atom stereocenters. The van der Waals surface area contributed by atoms with Crippen LogP contribution in [-0.2, 0) is 11.3 Å². The van der Waals surface area contributed by atoms with Crippen molar-refractivity contribution in [1.82, 2.24) is 14.9 Å². The van der Waals surface area contributed by atoms with Crippen molar-refractivity contribution < 1.29 is 4.79 Å². The summed E-state index contributed by atoms with van der Waals surface area (Å²) in [6.45, 7) is 5.82. The molecule has 1 atom stereocenters. The minimum Gasteiger partial charge on any atom is -0.382 e. The number of hydrogen-bond acceptors (Lipinski definition) is 4. The summed E-state index contributed by atoms with van der Waals surface area (Å²) in [4.78, 5) is 22.2. The molecule has 19 heavy (non-hydrogen) atoms. The zero-order valence-electron chi connectivity index (χ0n) is 11.7. The Kier molecular flexibility index (Phi) is 4.35. The van der Waals surface area contributed by atoms with Gasteiger partial charge in [0.1, 0.15) is 5.82 Å². The van der Waals surface area contributed by atoms with Crippen LogP contribution < -0.4 is 5.73 Å². The standard InChI is InChI=1S/C14H22N4O/c1-10(2)11-3-4-14(19)18(6-5-11)9-12-7-17-13(15)8-16-12/h7-8,10-11H,3-6,9H2,1-2H3,(H2,15,17). The van der Waals surface area contributed by atoms with E-state index in [2.05, 4.69) is 23.8 Å². The van der Waals surface area contributed by atoms with Crippen LogP contribution in [0.4, 0.5) is 5.82 Å². The molecule has 1 aromatic heterocycles. The third-order valence-corrected chi connectivity index (χ3v) is 3.87. The van der Waals surface area contributed by atoms with Crippen molar-refractivity contribution in [2.75, 3.05) is 12.3 Å². The molecule has 104 valence electrons. The van der Waals surface area contributed by atoms with Gasteiger partial charge < -0.3 is 10.6 Å². The summed E-state index contributed by atoms with van der Waals surface area (Å²) in [6, 6.07) is 0. The largest absolute Gasteiger partial charge is 0.382 e. The molecule has 1 aliphatic heterocycles. The summed E-state index contributed by atoms with van der Waals surface area (Å²) in [5, 5.41) is 0. The highest BCUT2D eigenvalue weighted by atomic mass is 16.2. The van der Waals surface area contributed by atoms with E-state index in [1.165, 1.54) is 6.20 Å². The van der Waals surface area contributed by atoms with Crippen LogP contribution in [0.2, 0.25) is 0 Å². The Morgan fingerprint density at radius 1 is 1.37 bits per heavy atom. The summed E-state index contributed by atoms with van der Waals surface area (Å²) < 4.78 is 0. The highest BCUT2D eigenvalue weighted by Gasteiger charge is 2.24. The number of nitrogens with two attached hydrogens (primary N) is 1. The lowest BCUT2D eigenvalue weighted by atomic mass is 9.89. The van der Waals surface area contributed by atoms with E-state index < -0.39 is 0 Å². The van der Waals surface area contributed by atoms with E-state index in [0.29, 0.717) is 30.6 Å². The number of nitrogen functional groups attached to an aromatic ring is 1. The molecule has 1 amide bonds. The molecule has 1 aliphatic rings. The molecule has 0 spiro atoms. The van der Waals surface area contributed by atoms with Gasteiger partial charge in [-0.2, -0.15) is 0 Å². The highest BCUT2D eigenvalue weighted by molar-refractivity contribution is 5.76. The number of nitrogens with zero attached hydrogens (tertiary/aromatic N) is 3. The van der Waals surface area contributed by atoms with Gasteiger partial charge in [-0.15, -0.1) is 0 Å². The lowest BCUT2D eigenvalue weighted by molar-refractivity contribution is -0.131. The van der Waals surface area contributed by atoms with Crippen molar-refractivity contribution in [3.8, 4) is 0 Å². The number of aromatic nitrogens is 2. The van der Waals surface area contributed by atoms with Gasteiger partial charge in [0.2, 0.25) is 5.91 Å². The molecule has 2 N–H and O–H groups in total. The Morgan fingerprint density at radius 3 is 2.79 bits per heavy atom. The fourth-order valence-electron chi connectivity index (χ4n) is 2.53. The van der Waals surface area contributed by atoms with E-state index >= 15 is 0 Å². The second-order valence-electron chi connectivity index (χ2n) is 5.58. The third-order valence-electron chi connectivity index (χ3n) is 3.87. The van der Waals surface area contributed by atoms with Crippen LogP contribution in [0.25, 0.3) is 0 Å². The third kappa shape index (κ3) is 3.66. The monoisotopic (exact) mass is 262 g/mol. The first-order valence-corrected chi connectivity index (χ1v) is 6.90. The number of likely N-dealkylation sites (tertiary alicyclic amines) is 1. The number of hydrogen-bond donors (Lipinski definition) is 1. The Balaban J connectivity index is 1.99. The molecule has 0 radical (unpaired) electrons. The summed E-state index contributed by atoms with van der Waals surface area (Å²) in [7, 11) is 0. The fourth-order valence-corrected chi connectivity index (χ4v) is 2.53.